The number of benzene rings is 9. The third-order valence-electron chi connectivity index (χ3n) is 11.7. The van der Waals surface area contributed by atoms with E-state index in [9.17, 15) is 0 Å². The van der Waals surface area contributed by atoms with E-state index in [0.29, 0.717) is 9.52 Å². The Morgan fingerprint density at radius 3 is 1.91 bits per heavy atom. The molecule has 0 bridgehead atoms. The Hall–Kier alpha value is -5.70. The Kier molecular flexibility index (Phi) is 6.99. The monoisotopic (exact) mass is 765 g/mol. The molecule has 0 unspecified atom stereocenters. The summed E-state index contributed by atoms with van der Waals surface area (Å²) in [6.07, 6.45) is 0. The standard InChI is InChI=1S/C50H31NS2Si2/c1-2-14-35-32(13-1)27-28-33-31-34(29-30-36(33)35)51(39-17-11-16-38-37-15-3-4-19-41(37)53-49(38)39)40-18-12-26-48-50(40)54-44-22-7-10-25-47(44)55(48)45-23-8-5-20-42(45)52-43-21-6-9-24-46(43)55/h1-31H. The van der Waals surface area contributed by atoms with Gasteiger partial charge >= 0.3 is 0 Å². The quantitative estimate of drug-likeness (QED) is 0.130. The van der Waals surface area contributed by atoms with Crippen LogP contribution in [0.1, 0.15) is 0 Å². The summed E-state index contributed by atoms with van der Waals surface area (Å²) < 4.78 is 2.64. The summed E-state index contributed by atoms with van der Waals surface area (Å²) >= 11 is 3.84. The number of hydrogen-bond acceptors (Lipinski definition) is 3. The summed E-state index contributed by atoms with van der Waals surface area (Å²) in [6, 6.07) is 71.4. The lowest BCUT2D eigenvalue weighted by Crippen LogP contribution is -2.84. The first-order valence-electron chi connectivity index (χ1n) is 18.8. The zero-order valence-corrected chi connectivity index (χ0v) is 33.3. The van der Waals surface area contributed by atoms with Crippen LogP contribution < -0.4 is 36.0 Å². The van der Waals surface area contributed by atoms with Gasteiger partial charge in [0.25, 0.3) is 0 Å². The molecular weight excluding hydrogens is 735 g/mol. The summed E-state index contributed by atoms with van der Waals surface area (Å²) in [5, 5.41) is 16.7. The maximum absolute atomic E-state index is 2.72. The van der Waals surface area contributed by atoms with E-state index in [-0.39, 0.29) is 0 Å². The zero-order chi connectivity index (χ0) is 36.1. The highest BCUT2D eigenvalue weighted by Crippen LogP contribution is 2.45. The van der Waals surface area contributed by atoms with Crippen LogP contribution in [0.2, 0.25) is 0 Å². The van der Waals surface area contributed by atoms with Crippen molar-refractivity contribution in [1.82, 2.24) is 0 Å². The molecule has 5 heteroatoms. The highest BCUT2D eigenvalue weighted by atomic mass is 32.2. The lowest BCUT2D eigenvalue weighted by atomic mass is 10.0. The van der Waals surface area contributed by atoms with Gasteiger partial charge < -0.3 is 4.90 Å². The van der Waals surface area contributed by atoms with Gasteiger partial charge in [0, 0.05) is 36.6 Å². The van der Waals surface area contributed by atoms with Crippen molar-refractivity contribution in [2.45, 2.75) is 9.79 Å². The second kappa shape index (κ2) is 12.2. The van der Waals surface area contributed by atoms with Crippen LogP contribution in [0.4, 0.5) is 17.1 Å². The summed E-state index contributed by atoms with van der Waals surface area (Å²) in [7, 11) is -2.20. The summed E-state index contributed by atoms with van der Waals surface area (Å²) in [4.78, 5) is 5.37. The molecule has 2 radical (unpaired) electrons. The molecule has 0 fully saturated rings. The first-order chi connectivity index (χ1) is 27.3. The number of nitrogens with zero attached hydrogens (tertiary/aromatic N) is 1. The van der Waals surface area contributed by atoms with Crippen molar-refractivity contribution >= 4 is 131 Å². The predicted octanol–water partition coefficient (Wildman–Crippen LogP) is 9.64. The highest BCUT2D eigenvalue weighted by molar-refractivity contribution is 8.00. The van der Waals surface area contributed by atoms with Gasteiger partial charge in [-0.3, -0.25) is 0 Å². The van der Waals surface area contributed by atoms with Gasteiger partial charge in [-0.2, -0.15) is 0 Å². The summed E-state index contributed by atoms with van der Waals surface area (Å²) in [5.74, 6) is 0. The fourth-order valence-electron chi connectivity index (χ4n) is 9.40. The smallest absolute Gasteiger partial charge is 0.181 e. The van der Waals surface area contributed by atoms with E-state index in [4.69, 9.17) is 0 Å². The maximum atomic E-state index is 2.60. The minimum absolute atomic E-state index is 0.524. The third kappa shape index (κ3) is 4.52. The normalized spacial score (nSPS) is 13.8. The van der Waals surface area contributed by atoms with Gasteiger partial charge in [-0.15, -0.1) is 11.3 Å². The van der Waals surface area contributed by atoms with Crippen LogP contribution >= 0.6 is 23.1 Å². The molecule has 3 heterocycles. The van der Waals surface area contributed by atoms with Crippen LogP contribution in [0.15, 0.2) is 198 Å². The molecule has 256 valence electrons. The van der Waals surface area contributed by atoms with Gasteiger partial charge in [0.05, 0.1) is 10.4 Å². The SMILES string of the molecule is c1ccc2c(c1)[Si]c1c(N(c3ccc4c(ccc5ccccc54)c3)c3cccc4c3sc3ccccc34)cccc1[Si]21c2ccccc2Sc2ccccc21. The van der Waals surface area contributed by atoms with Crippen molar-refractivity contribution in [1.29, 1.82) is 0 Å². The zero-order valence-electron chi connectivity index (χ0n) is 29.7. The summed E-state index contributed by atoms with van der Waals surface area (Å²) in [5.41, 5.74) is 3.68. The van der Waals surface area contributed by atoms with Crippen LogP contribution in [0, 0.1) is 0 Å². The Balaban J connectivity index is 1.19. The van der Waals surface area contributed by atoms with Crippen LogP contribution in [0.3, 0.4) is 0 Å². The first kappa shape index (κ1) is 31.6. The van der Waals surface area contributed by atoms with E-state index >= 15 is 0 Å². The molecule has 10 aromatic rings. The molecule has 0 saturated heterocycles. The minimum atomic E-state index is -2.72. The number of rotatable bonds is 3. The predicted molar refractivity (Wildman–Crippen MR) is 242 cm³/mol. The van der Waals surface area contributed by atoms with Crippen molar-refractivity contribution in [2.24, 2.45) is 0 Å². The van der Waals surface area contributed by atoms with Crippen LogP contribution in [-0.4, -0.2) is 17.6 Å². The van der Waals surface area contributed by atoms with Gasteiger partial charge in [-0.05, 0) is 89.9 Å². The first-order valence-corrected chi connectivity index (χ1v) is 23.4. The van der Waals surface area contributed by atoms with Gasteiger partial charge in [-0.1, -0.05) is 163 Å². The van der Waals surface area contributed by atoms with Crippen molar-refractivity contribution in [3.05, 3.63) is 188 Å². The van der Waals surface area contributed by atoms with Crippen LogP contribution in [0.25, 0.3) is 41.7 Å². The van der Waals surface area contributed by atoms with Crippen molar-refractivity contribution in [3.63, 3.8) is 0 Å². The molecule has 0 N–H and O–H groups in total. The molecule has 2 aliphatic rings. The second-order valence-electron chi connectivity index (χ2n) is 14.5. The van der Waals surface area contributed by atoms with Gasteiger partial charge in [0.1, 0.15) is 9.52 Å². The lowest BCUT2D eigenvalue weighted by Gasteiger charge is -2.45. The molecule has 0 atom stereocenters. The van der Waals surface area contributed by atoms with E-state index in [0.717, 1.165) is 0 Å². The van der Waals surface area contributed by atoms with Crippen molar-refractivity contribution in [3.8, 4) is 0 Å². The molecule has 0 aliphatic carbocycles. The Bertz CT molecular complexity index is 3140. The number of hydrogen-bond donors (Lipinski definition) is 0. The lowest BCUT2D eigenvalue weighted by molar-refractivity contribution is 1.32. The van der Waals surface area contributed by atoms with E-state index in [1.54, 1.807) is 0 Å². The van der Waals surface area contributed by atoms with Crippen molar-refractivity contribution < 1.29 is 0 Å². The fraction of sp³-hybridized carbons (Fsp3) is 0. The second-order valence-corrected chi connectivity index (χ2v) is 21.6. The average molecular weight is 766 g/mol. The third-order valence-corrected chi connectivity index (χ3v) is 21.4. The molecule has 1 nitrogen and oxygen atoms in total. The largest absolute Gasteiger partial charge is 0.309 e. The number of thiophene rings is 1. The average Bonchev–Trinajstić information content (AvgIpc) is 3.63. The summed E-state index contributed by atoms with van der Waals surface area (Å²) in [6.45, 7) is 0. The molecule has 0 saturated carbocycles. The fourth-order valence-corrected chi connectivity index (χ4v) is 20.4. The van der Waals surface area contributed by atoms with Gasteiger partial charge in [0.15, 0.2) is 8.07 Å². The minimum Gasteiger partial charge on any atom is -0.309 e. The van der Waals surface area contributed by atoms with Crippen LogP contribution in [-0.2, 0) is 0 Å². The topological polar surface area (TPSA) is 3.24 Å². The maximum Gasteiger partial charge on any atom is 0.181 e. The molecule has 2 aliphatic heterocycles. The highest BCUT2D eigenvalue weighted by Gasteiger charge is 2.51. The number of anilines is 3. The van der Waals surface area contributed by atoms with E-state index in [1.807, 2.05) is 23.1 Å². The molecular formula is C50H31NS2Si2. The Morgan fingerprint density at radius 1 is 0.436 bits per heavy atom. The molecule has 9 aromatic carbocycles. The Morgan fingerprint density at radius 2 is 1.05 bits per heavy atom. The van der Waals surface area contributed by atoms with Crippen molar-refractivity contribution in [2.75, 3.05) is 4.90 Å². The van der Waals surface area contributed by atoms with E-state index in [1.165, 1.54) is 99.7 Å². The molecule has 1 aromatic heterocycles. The molecule has 1 spiro atoms. The van der Waals surface area contributed by atoms with Crippen LogP contribution in [0.5, 0.6) is 0 Å². The molecule has 55 heavy (non-hydrogen) atoms. The van der Waals surface area contributed by atoms with Gasteiger partial charge in [-0.25, -0.2) is 0 Å². The van der Waals surface area contributed by atoms with Gasteiger partial charge in [0.2, 0.25) is 0 Å². The number of fused-ring (bicyclic) bond motifs is 14. The molecule has 0 amide bonds. The van der Waals surface area contributed by atoms with E-state index < -0.39 is 8.07 Å². The molecule has 12 rings (SSSR count). The Labute approximate surface area is 331 Å². The van der Waals surface area contributed by atoms with E-state index in [2.05, 4.69) is 193 Å².